The summed E-state index contributed by atoms with van der Waals surface area (Å²) in [5.41, 5.74) is 2.60. The van der Waals surface area contributed by atoms with Crippen LogP contribution in [0.4, 0.5) is 5.82 Å². The molecule has 0 radical (unpaired) electrons. The fraction of sp³-hybridized carbons (Fsp3) is 0.294. The summed E-state index contributed by atoms with van der Waals surface area (Å²) in [5.74, 6) is 1.80. The van der Waals surface area contributed by atoms with E-state index < -0.39 is 0 Å². The number of hydrogen-bond donors (Lipinski definition) is 2. The van der Waals surface area contributed by atoms with Crippen LogP contribution in [0.15, 0.2) is 29.1 Å². The lowest BCUT2D eigenvalue weighted by Gasteiger charge is -2.19. The van der Waals surface area contributed by atoms with Gasteiger partial charge < -0.3 is 15.0 Å². The summed E-state index contributed by atoms with van der Waals surface area (Å²) in [6, 6.07) is 2.11. The van der Waals surface area contributed by atoms with Gasteiger partial charge in [-0.25, -0.2) is 15.0 Å². The molecule has 0 fully saturated rings. The van der Waals surface area contributed by atoms with E-state index in [1.807, 2.05) is 6.08 Å². The molecule has 0 spiro atoms. The number of hydrogen-bond acceptors (Lipinski definition) is 6. The molecular formula is C17H17ClN6O. The monoisotopic (exact) mass is 356 g/mol. The molecule has 0 aliphatic heterocycles. The first-order chi connectivity index (χ1) is 12.2. The maximum atomic E-state index is 8.80. The molecule has 1 aliphatic rings. The minimum Gasteiger partial charge on any atom is -0.383 e. The Balaban J connectivity index is 2.03. The second-order valence-corrected chi connectivity index (χ2v) is 5.78. The zero-order valence-corrected chi connectivity index (χ0v) is 14.5. The number of aromatic nitrogens is 4. The van der Waals surface area contributed by atoms with Crippen LogP contribution in [-0.4, -0.2) is 40.2 Å². The van der Waals surface area contributed by atoms with E-state index in [2.05, 4.69) is 31.3 Å². The Morgan fingerprint density at radius 3 is 3.08 bits per heavy atom. The van der Waals surface area contributed by atoms with E-state index >= 15 is 0 Å². The number of fused-ring (bicyclic) bond motifs is 1. The van der Waals surface area contributed by atoms with Gasteiger partial charge in [0.05, 0.1) is 24.8 Å². The molecule has 3 rings (SSSR count). The zero-order valence-electron chi connectivity index (χ0n) is 13.7. The lowest BCUT2D eigenvalue weighted by atomic mass is 9.96. The van der Waals surface area contributed by atoms with Gasteiger partial charge >= 0.3 is 0 Å². The van der Waals surface area contributed by atoms with Gasteiger partial charge in [-0.2, -0.15) is 5.26 Å². The molecule has 7 nitrogen and oxygen atoms in total. The first-order valence-electron chi connectivity index (χ1n) is 7.80. The van der Waals surface area contributed by atoms with E-state index in [0.717, 1.165) is 22.6 Å². The highest BCUT2D eigenvalue weighted by atomic mass is 35.5. The van der Waals surface area contributed by atoms with Crippen LogP contribution >= 0.6 is 11.6 Å². The van der Waals surface area contributed by atoms with Crippen molar-refractivity contribution in [3.8, 4) is 17.7 Å². The molecule has 2 N–H and O–H groups in total. The number of nitrogens with zero attached hydrogens (tertiary/aromatic N) is 4. The highest BCUT2D eigenvalue weighted by Gasteiger charge is 2.21. The number of anilines is 1. The average Bonchev–Trinajstić information content (AvgIpc) is 3.14. The van der Waals surface area contributed by atoms with Crippen molar-refractivity contribution in [3.63, 3.8) is 0 Å². The van der Waals surface area contributed by atoms with Crippen molar-refractivity contribution in [3.05, 3.63) is 40.3 Å². The van der Waals surface area contributed by atoms with Crippen LogP contribution in [0.3, 0.4) is 0 Å². The van der Waals surface area contributed by atoms with Crippen molar-refractivity contribution >= 4 is 23.5 Å². The molecule has 2 aromatic heterocycles. The number of allylic oxidation sites excluding steroid dienone is 3. The number of methoxy groups -OCH3 is 1. The standard InChI is InChI=1S/C17H17ClN6O/c1-25-8-7-22-15-12-9-11(3-2-4-19)13(18)10-14(12)23-17(24-15)16-20-5-6-21-16/h3,5-6,10H,2,7-9H2,1H3,(H,20,21)(H,22,23,24). The van der Waals surface area contributed by atoms with E-state index in [9.17, 15) is 0 Å². The number of aromatic amines is 1. The van der Waals surface area contributed by atoms with Crippen LogP contribution < -0.4 is 5.32 Å². The molecule has 0 aromatic carbocycles. The van der Waals surface area contributed by atoms with Crippen LogP contribution in [0.2, 0.25) is 0 Å². The number of ether oxygens (including phenoxy) is 1. The van der Waals surface area contributed by atoms with Crippen LogP contribution in [-0.2, 0) is 11.2 Å². The molecule has 2 heterocycles. The third-order valence-corrected chi connectivity index (χ3v) is 4.08. The second-order valence-electron chi connectivity index (χ2n) is 5.38. The summed E-state index contributed by atoms with van der Waals surface area (Å²) in [6.45, 7) is 1.18. The van der Waals surface area contributed by atoms with Gasteiger partial charge in [0.25, 0.3) is 0 Å². The summed E-state index contributed by atoms with van der Waals surface area (Å²) < 4.78 is 5.10. The van der Waals surface area contributed by atoms with Gasteiger partial charge in [0.1, 0.15) is 5.82 Å². The summed E-state index contributed by atoms with van der Waals surface area (Å²) in [7, 11) is 1.65. The molecule has 25 heavy (non-hydrogen) atoms. The highest BCUT2D eigenvalue weighted by molar-refractivity contribution is 6.34. The number of nitrogens with one attached hydrogen (secondary N) is 2. The van der Waals surface area contributed by atoms with E-state index in [4.69, 9.17) is 21.6 Å². The Hall–Kier alpha value is -2.69. The van der Waals surface area contributed by atoms with Gasteiger partial charge in [0.2, 0.25) is 0 Å². The number of nitriles is 1. The minimum atomic E-state index is 0.312. The molecule has 8 heteroatoms. The van der Waals surface area contributed by atoms with Crippen LogP contribution in [0, 0.1) is 11.3 Å². The Morgan fingerprint density at radius 2 is 2.36 bits per heavy atom. The van der Waals surface area contributed by atoms with Gasteiger partial charge in [-0.3, -0.25) is 0 Å². The Bertz CT molecular complexity index is 851. The van der Waals surface area contributed by atoms with Crippen molar-refractivity contribution in [2.24, 2.45) is 0 Å². The maximum Gasteiger partial charge on any atom is 0.198 e. The lowest BCUT2D eigenvalue weighted by Crippen LogP contribution is -2.15. The SMILES string of the molecule is COCCNc1nc(-c2ncc[nH]2)nc2c1CC(=CCC#N)C(Cl)=C2. The van der Waals surface area contributed by atoms with Gasteiger partial charge in [0.15, 0.2) is 11.6 Å². The molecular weight excluding hydrogens is 340 g/mol. The smallest absolute Gasteiger partial charge is 0.198 e. The van der Waals surface area contributed by atoms with Crippen LogP contribution in [0.1, 0.15) is 17.7 Å². The molecule has 128 valence electrons. The second kappa shape index (κ2) is 7.92. The van der Waals surface area contributed by atoms with Crippen LogP contribution in [0.25, 0.3) is 17.7 Å². The summed E-state index contributed by atoms with van der Waals surface area (Å²) >= 11 is 6.36. The van der Waals surface area contributed by atoms with Gasteiger partial charge in [-0.05, 0) is 11.6 Å². The van der Waals surface area contributed by atoms with Crippen molar-refractivity contribution in [1.29, 1.82) is 5.26 Å². The molecule has 0 atom stereocenters. The minimum absolute atomic E-state index is 0.312. The number of H-pyrrole nitrogens is 1. The molecule has 0 saturated carbocycles. The average molecular weight is 357 g/mol. The number of rotatable bonds is 6. The Labute approximate surface area is 150 Å². The largest absolute Gasteiger partial charge is 0.383 e. The third-order valence-electron chi connectivity index (χ3n) is 3.72. The molecule has 0 bridgehead atoms. The van der Waals surface area contributed by atoms with E-state index in [1.54, 1.807) is 25.6 Å². The number of halogens is 1. The Kier molecular flexibility index (Phi) is 5.43. The topological polar surface area (TPSA) is 99.5 Å². The number of imidazole rings is 1. The fourth-order valence-corrected chi connectivity index (χ4v) is 2.78. The van der Waals surface area contributed by atoms with Gasteiger partial charge in [-0.1, -0.05) is 17.7 Å². The first kappa shape index (κ1) is 17.1. The van der Waals surface area contributed by atoms with Crippen molar-refractivity contribution < 1.29 is 4.74 Å². The normalized spacial score (nSPS) is 14.8. The summed E-state index contributed by atoms with van der Waals surface area (Å²) in [6.07, 6.45) is 7.90. The highest BCUT2D eigenvalue weighted by Crippen LogP contribution is 2.34. The maximum absolute atomic E-state index is 8.80. The van der Waals surface area contributed by atoms with Crippen molar-refractivity contribution in [1.82, 2.24) is 19.9 Å². The zero-order chi connectivity index (χ0) is 17.6. The molecule has 0 unspecified atom stereocenters. The molecule has 0 saturated heterocycles. The van der Waals surface area contributed by atoms with E-state index in [0.29, 0.717) is 42.7 Å². The summed E-state index contributed by atoms with van der Waals surface area (Å²) in [5, 5.41) is 12.7. The van der Waals surface area contributed by atoms with E-state index in [-0.39, 0.29) is 0 Å². The fourth-order valence-electron chi connectivity index (χ4n) is 2.53. The Morgan fingerprint density at radius 1 is 1.48 bits per heavy atom. The molecule has 0 amide bonds. The predicted octanol–water partition coefficient (Wildman–Crippen LogP) is 2.90. The third kappa shape index (κ3) is 3.87. The van der Waals surface area contributed by atoms with Gasteiger partial charge in [0, 0.05) is 43.1 Å². The van der Waals surface area contributed by atoms with Gasteiger partial charge in [-0.15, -0.1) is 0 Å². The quantitative estimate of drug-likeness (QED) is 0.772. The van der Waals surface area contributed by atoms with Crippen molar-refractivity contribution in [2.45, 2.75) is 12.8 Å². The summed E-state index contributed by atoms with van der Waals surface area (Å²) in [4.78, 5) is 16.4. The molecule has 1 aliphatic carbocycles. The lowest BCUT2D eigenvalue weighted by molar-refractivity contribution is 0.210. The van der Waals surface area contributed by atoms with Crippen LogP contribution in [0.5, 0.6) is 0 Å². The first-order valence-corrected chi connectivity index (χ1v) is 8.17. The predicted molar refractivity (Wildman–Crippen MR) is 95.8 cm³/mol. The van der Waals surface area contributed by atoms with E-state index in [1.165, 1.54) is 0 Å². The van der Waals surface area contributed by atoms with Crippen molar-refractivity contribution in [2.75, 3.05) is 25.6 Å². The molecule has 2 aromatic rings.